The summed E-state index contributed by atoms with van der Waals surface area (Å²) in [7, 11) is 1.13. The predicted molar refractivity (Wildman–Crippen MR) is 146 cm³/mol. The van der Waals surface area contributed by atoms with Gasteiger partial charge in [0.2, 0.25) is 5.91 Å². The van der Waals surface area contributed by atoms with E-state index in [4.69, 9.17) is 33.9 Å². The highest BCUT2D eigenvalue weighted by molar-refractivity contribution is 6.34. The maximum absolute atomic E-state index is 13.1. The lowest BCUT2D eigenvalue weighted by atomic mass is 9.92. The summed E-state index contributed by atoms with van der Waals surface area (Å²) in [5.74, 6) is -0.127. The number of imidazole rings is 1. The molecule has 2 saturated heterocycles. The molecule has 2 fully saturated rings. The Balaban J connectivity index is 1.34. The highest BCUT2D eigenvalue weighted by Crippen LogP contribution is 2.40. The molecule has 0 aliphatic carbocycles. The average molecular weight is 607 g/mol. The molecule has 2 atom stereocenters. The van der Waals surface area contributed by atoms with Crippen molar-refractivity contribution in [1.29, 1.82) is 0 Å². The summed E-state index contributed by atoms with van der Waals surface area (Å²) in [6, 6.07) is 5.41. The Morgan fingerprint density at radius 2 is 1.95 bits per heavy atom. The largest absolute Gasteiger partial charge is 0.433 e. The van der Waals surface area contributed by atoms with E-state index in [0.29, 0.717) is 45.4 Å². The molecule has 41 heavy (non-hydrogen) atoms. The Bertz CT molecular complexity index is 1720. The van der Waals surface area contributed by atoms with Crippen molar-refractivity contribution in [2.45, 2.75) is 43.8 Å². The lowest BCUT2D eigenvalue weighted by Crippen LogP contribution is -2.41. The number of rotatable bonds is 4. The van der Waals surface area contributed by atoms with Crippen LogP contribution in [0.1, 0.15) is 53.5 Å². The predicted octanol–water partition coefficient (Wildman–Crippen LogP) is 5.16. The summed E-state index contributed by atoms with van der Waals surface area (Å²) >= 11 is 13.2. The van der Waals surface area contributed by atoms with Gasteiger partial charge in [0.25, 0.3) is 5.91 Å². The molecule has 1 aromatic carbocycles. The summed E-state index contributed by atoms with van der Waals surface area (Å²) in [5, 5.41) is 6.52. The Hall–Kier alpha value is -3.84. The summed E-state index contributed by atoms with van der Waals surface area (Å²) in [5.41, 5.74) is 6.66. The maximum Gasteiger partial charge on any atom is 0.433 e. The van der Waals surface area contributed by atoms with Gasteiger partial charge < -0.3 is 16.0 Å². The molecule has 3 N–H and O–H groups in total. The van der Waals surface area contributed by atoms with Crippen LogP contribution in [-0.2, 0) is 18.0 Å². The summed E-state index contributed by atoms with van der Waals surface area (Å²) < 4.78 is 41.7. The first-order chi connectivity index (χ1) is 19.4. The van der Waals surface area contributed by atoms with Crippen LogP contribution < -0.4 is 11.1 Å². The third-order valence-corrected chi connectivity index (χ3v) is 8.23. The molecular weight excluding hydrogens is 584 g/mol. The van der Waals surface area contributed by atoms with Gasteiger partial charge in [-0.25, -0.2) is 9.97 Å². The number of nitrogens with one attached hydrogen (secondary N) is 1. The Kier molecular flexibility index (Phi) is 6.61. The zero-order valence-corrected chi connectivity index (χ0v) is 23.1. The monoisotopic (exact) mass is 606 g/mol. The van der Waals surface area contributed by atoms with Crippen LogP contribution in [0.25, 0.3) is 16.8 Å². The van der Waals surface area contributed by atoms with Gasteiger partial charge in [-0.3, -0.25) is 18.7 Å². The zero-order chi connectivity index (χ0) is 29.2. The van der Waals surface area contributed by atoms with Crippen molar-refractivity contribution in [2.75, 3.05) is 17.6 Å². The van der Waals surface area contributed by atoms with E-state index in [0.717, 1.165) is 32.4 Å². The van der Waals surface area contributed by atoms with Crippen molar-refractivity contribution in [1.82, 2.24) is 29.0 Å². The van der Waals surface area contributed by atoms with Gasteiger partial charge in [-0.1, -0.05) is 29.3 Å². The van der Waals surface area contributed by atoms with Crippen molar-refractivity contribution in [2.24, 2.45) is 7.05 Å². The summed E-state index contributed by atoms with van der Waals surface area (Å²) in [6.07, 6.45) is -0.128. The molecule has 2 amide bonds. The highest BCUT2D eigenvalue weighted by Gasteiger charge is 2.39. The fraction of sp³-hybridized carbons (Fsp3) is 0.346. The SMILES string of the molecule is Cn1nc(NC(=O)c2ccc(-c3nc([C@@H]4CCC5CCC(=O)N5C4)n4c(Cl)cnc(N)c34)c(Cl)c2)cc1C(F)(F)F. The fourth-order valence-electron chi connectivity index (χ4n) is 5.70. The molecule has 4 aromatic rings. The molecule has 5 heterocycles. The lowest BCUT2D eigenvalue weighted by molar-refractivity contribution is -0.143. The van der Waals surface area contributed by atoms with E-state index in [1.54, 1.807) is 10.5 Å². The van der Waals surface area contributed by atoms with Gasteiger partial charge in [0.05, 0.1) is 11.2 Å². The second-order valence-corrected chi connectivity index (χ2v) is 11.0. The number of aromatic nitrogens is 5. The van der Waals surface area contributed by atoms with Crippen LogP contribution in [-0.4, -0.2) is 53.5 Å². The van der Waals surface area contributed by atoms with Crippen LogP contribution in [0, 0.1) is 0 Å². The Labute approximate surface area is 241 Å². The molecule has 0 bridgehead atoms. The van der Waals surface area contributed by atoms with Gasteiger partial charge in [-0.15, -0.1) is 0 Å². The molecule has 1 unspecified atom stereocenters. The zero-order valence-electron chi connectivity index (χ0n) is 21.5. The number of hydrogen-bond donors (Lipinski definition) is 2. The normalized spacial score (nSPS) is 19.2. The topological polar surface area (TPSA) is 123 Å². The molecule has 214 valence electrons. The number of carbonyl (C=O) groups is 2. The van der Waals surface area contributed by atoms with E-state index in [9.17, 15) is 22.8 Å². The fourth-order valence-corrected chi connectivity index (χ4v) is 6.19. The molecule has 2 aliphatic rings. The smallest absolute Gasteiger partial charge is 0.382 e. The minimum absolute atomic E-state index is 0.0942. The molecule has 15 heteroatoms. The van der Waals surface area contributed by atoms with Crippen LogP contribution in [0.3, 0.4) is 0 Å². The number of aryl methyl sites for hydroxylation is 1. The molecule has 0 spiro atoms. The standard InChI is InChI=1S/C26H23Cl2F3N8O2/c1-37-17(26(29,30)31)9-19(36-37)34-25(41)12-3-6-15(16(27)8-12)21-22-23(32)33-10-18(28)39(22)24(35-21)13-2-4-14-5-7-20(40)38(14)11-13/h3,6,8-10,13-14H,2,4-5,7,11H2,1H3,(H2,32,33)(H,34,36,41)/t13-,14?/m1/s1. The molecule has 6 rings (SSSR count). The van der Waals surface area contributed by atoms with E-state index in [1.165, 1.54) is 18.3 Å². The third kappa shape index (κ3) is 4.76. The Morgan fingerprint density at radius 3 is 2.66 bits per heavy atom. The number of piperidine rings is 1. The summed E-state index contributed by atoms with van der Waals surface area (Å²) in [6.45, 7) is 0.511. The Morgan fingerprint density at radius 1 is 1.17 bits per heavy atom. The number of hydrogen-bond acceptors (Lipinski definition) is 6. The van der Waals surface area contributed by atoms with Crippen molar-refractivity contribution in [3.63, 3.8) is 0 Å². The van der Waals surface area contributed by atoms with Crippen molar-refractivity contribution in [3.8, 4) is 11.3 Å². The van der Waals surface area contributed by atoms with Crippen LogP contribution in [0.4, 0.5) is 24.8 Å². The first kappa shape index (κ1) is 27.3. The number of fused-ring (bicyclic) bond motifs is 2. The van der Waals surface area contributed by atoms with E-state index < -0.39 is 17.8 Å². The minimum Gasteiger partial charge on any atom is -0.382 e. The van der Waals surface area contributed by atoms with Crippen molar-refractivity contribution < 1.29 is 22.8 Å². The minimum atomic E-state index is -4.62. The van der Waals surface area contributed by atoms with E-state index >= 15 is 0 Å². The molecule has 2 aliphatic heterocycles. The number of carbonyl (C=O) groups excluding carboxylic acids is 2. The van der Waals surface area contributed by atoms with Crippen molar-refractivity contribution >= 4 is 52.2 Å². The quantitative estimate of drug-likeness (QED) is 0.331. The maximum atomic E-state index is 13.1. The number of amides is 2. The van der Waals surface area contributed by atoms with Gasteiger partial charge in [0, 0.05) is 49.2 Å². The second-order valence-electron chi connectivity index (χ2n) is 10.2. The van der Waals surface area contributed by atoms with E-state index in [2.05, 4.69) is 15.4 Å². The van der Waals surface area contributed by atoms with Gasteiger partial charge in [0.1, 0.15) is 33.7 Å². The van der Waals surface area contributed by atoms with Gasteiger partial charge in [-0.05, 0) is 31.4 Å². The first-order valence-corrected chi connectivity index (χ1v) is 13.5. The molecule has 0 saturated carbocycles. The number of alkyl halides is 3. The number of nitrogen functional groups attached to an aromatic ring is 1. The van der Waals surface area contributed by atoms with Crippen LogP contribution in [0.15, 0.2) is 30.5 Å². The lowest BCUT2D eigenvalue weighted by Gasteiger charge is -2.34. The van der Waals surface area contributed by atoms with Crippen LogP contribution >= 0.6 is 23.2 Å². The molecular formula is C26H23Cl2F3N8O2. The number of halogens is 5. The number of benzene rings is 1. The van der Waals surface area contributed by atoms with Crippen molar-refractivity contribution in [3.05, 3.63) is 57.7 Å². The number of nitrogens with two attached hydrogens (primary N) is 1. The van der Waals surface area contributed by atoms with Gasteiger partial charge in [0.15, 0.2) is 5.82 Å². The second kappa shape index (κ2) is 9.91. The third-order valence-electron chi connectivity index (χ3n) is 7.65. The van der Waals surface area contributed by atoms with E-state index in [-0.39, 0.29) is 40.1 Å². The average Bonchev–Trinajstić information content (AvgIpc) is 3.61. The molecule has 3 aromatic heterocycles. The van der Waals surface area contributed by atoms with E-state index in [1.807, 2.05) is 4.90 Å². The number of nitrogens with zero attached hydrogens (tertiary/aromatic N) is 6. The summed E-state index contributed by atoms with van der Waals surface area (Å²) in [4.78, 5) is 36.3. The van der Waals surface area contributed by atoms with Gasteiger partial charge >= 0.3 is 6.18 Å². The first-order valence-electron chi connectivity index (χ1n) is 12.8. The van der Waals surface area contributed by atoms with Crippen LogP contribution in [0.5, 0.6) is 0 Å². The highest BCUT2D eigenvalue weighted by atomic mass is 35.5. The molecule has 10 nitrogen and oxygen atoms in total. The van der Waals surface area contributed by atoms with Gasteiger partial charge in [-0.2, -0.15) is 18.3 Å². The number of anilines is 2. The van der Waals surface area contributed by atoms with Crippen LogP contribution in [0.2, 0.25) is 10.2 Å². The molecule has 0 radical (unpaired) electrons.